The quantitative estimate of drug-likeness (QED) is 0.0559. The summed E-state index contributed by atoms with van der Waals surface area (Å²) in [7, 11) is 0. The summed E-state index contributed by atoms with van der Waals surface area (Å²) in [6, 6.07) is 6.14. The van der Waals surface area contributed by atoms with Gasteiger partial charge in [0.2, 0.25) is 15.8 Å². The van der Waals surface area contributed by atoms with E-state index in [-0.39, 0.29) is 54.9 Å². The second-order valence-electron chi connectivity index (χ2n) is 13.1. The van der Waals surface area contributed by atoms with Crippen LogP contribution in [-0.4, -0.2) is 15.8 Å². The van der Waals surface area contributed by atoms with Crippen LogP contribution >= 0.6 is 0 Å². The van der Waals surface area contributed by atoms with Gasteiger partial charge in [-0.3, -0.25) is 13.6 Å². The molecule has 0 atom stereocenters. The van der Waals surface area contributed by atoms with Gasteiger partial charge >= 0.3 is 34.7 Å². The van der Waals surface area contributed by atoms with Crippen LogP contribution in [-0.2, 0) is 19.6 Å². The standard InChI is InChI=1S/C36H60N9O3.3ClH/c1-4-7-10-13-16-19-22-43-31(34(37)46-40-43)28-25-29(32-35(38)47-41-44(32)23-20-17-14-11-8-5-2)27-30(26-28)33-36(39)48-42-45(33)24-21-18-15-12-9-6-3;;;/h25-27H,4-24,37-39H2,1-3H3;3*1H/q+3;;;/p-3. The van der Waals surface area contributed by atoms with Crippen molar-refractivity contribution < 1.29 is 64.8 Å². The van der Waals surface area contributed by atoms with Crippen LogP contribution in [0.3, 0.4) is 0 Å². The fourth-order valence-corrected chi connectivity index (χ4v) is 6.41. The first-order chi connectivity index (χ1) is 23.5. The lowest BCUT2D eigenvalue weighted by atomic mass is 9.99. The van der Waals surface area contributed by atoms with Gasteiger partial charge in [0.15, 0.2) is 19.6 Å². The van der Waals surface area contributed by atoms with Crippen LogP contribution < -0.4 is 68.5 Å². The van der Waals surface area contributed by atoms with Gasteiger partial charge in [-0.15, -0.1) is 0 Å². The number of anilines is 3. The van der Waals surface area contributed by atoms with Crippen LogP contribution in [0.15, 0.2) is 31.8 Å². The van der Waals surface area contributed by atoms with E-state index in [2.05, 4.69) is 36.6 Å². The van der Waals surface area contributed by atoms with Crippen LogP contribution in [0.25, 0.3) is 33.8 Å². The molecule has 0 aliphatic rings. The van der Waals surface area contributed by atoms with E-state index >= 15 is 0 Å². The molecule has 4 rings (SSSR count). The molecule has 0 bridgehead atoms. The molecule has 3 aromatic heterocycles. The van der Waals surface area contributed by atoms with Crippen molar-refractivity contribution in [3.8, 4) is 33.8 Å². The molecule has 6 N–H and O–H groups in total. The molecule has 0 saturated heterocycles. The Kier molecular flexibility index (Phi) is 22.5. The number of hydrogen-bond acceptors (Lipinski definition) is 9. The van der Waals surface area contributed by atoms with Crippen molar-refractivity contribution in [2.24, 2.45) is 0 Å². The molecular formula is C36H60Cl3N9O3. The molecule has 1 aromatic carbocycles. The van der Waals surface area contributed by atoms with Gasteiger partial charge in [-0.2, -0.15) is 0 Å². The molecule has 12 nitrogen and oxygen atoms in total. The first kappa shape index (κ1) is 45.9. The number of aryl methyl sites for hydroxylation is 3. The highest BCUT2D eigenvalue weighted by molar-refractivity contribution is 5.81. The van der Waals surface area contributed by atoms with Crippen molar-refractivity contribution in [2.45, 2.75) is 156 Å². The molecule has 0 saturated carbocycles. The zero-order valence-electron chi connectivity index (χ0n) is 30.9. The monoisotopic (exact) mass is 771 g/mol. The summed E-state index contributed by atoms with van der Waals surface area (Å²) in [5.74, 6) is 0.752. The Labute approximate surface area is 322 Å². The average Bonchev–Trinajstić information content (AvgIpc) is 3.77. The molecule has 0 spiro atoms. The first-order valence-electron chi connectivity index (χ1n) is 18.6. The van der Waals surface area contributed by atoms with E-state index in [4.69, 9.17) is 30.8 Å². The van der Waals surface area contributed by atoms with Crippen molar-refractivity contribution in [3.05, 3.63) is 18.2 Å². The number of hydrogen-bond donors (Lipinski definition) is 3. The number of nitrogens with two attached hydrogens (primary N) is 3. The molecule has 0 unspecified atom stereocenters. The van der Waals surface area contributed by atoms with E-state index in [0.717, 1.165) is 55.2 Å². The molecule has 3 heterocycles. The van der Waals surface area contributed by atoms with E-state index < -0.39 is 0 Å². The molecule has 15 heteroatoms. The maximum Gasteiger partial charge on any atom is 0.304 e. The van der Waals surface area contributed by atoms with Crippen LogP contribution in [0.1, 0.15) is 136 Å². The van der Waals surface area contributed by atoms with Crippen LogP contribution in [0.2, 0.25) is 0 Å². The summed E-state index contributed by atoms with van der Waals surface area (Å²) in [6.07, 6.45) is 21.1. The number of rotatable bonds is 24. The van der Waals surface area contributed by atoms with Gasteiger partial charge in [0.05, 0.1) is 16.7 Å². The minimum Gasteiger partial charge on any atom is -1.00 e. The van der Waals surface area contributed by atoms with Gasteiger partial charge in [-0.1, -0.05) is 97.8 Å². The Balaban J connectivity index is 0.00000433. The lowest BCUT2D eigenvalue weighted by Gasteiger charge is -2.05. The molecule has 0 radical (unpaired) electrons. The number of halogens is 3. The summed E-state index contributed by atoms with van der Waals surface area (Å²) in [6.45, 7) is 8.79. The van der Waals surface area contributed by atoms with E-state index in [9.17, 15) is 0 Å². The Morgan fingerprint density at radius 3 is 0.902 bits per heavy atom. The lowest BCUT2D eigenvalue weighted by molar-refractivity contribution is -0.753. The topological polar surface area (TPSA) is 168 Å². The van der Waals surface area contributed by atoms with Crippen LogP contribution in [0.5, 0.6) is 0 Å². The molecule has 0 amide bonds. The zero-order valence-corrected chi connectivity index (χ0v) is 33.1. The van der Waals surface area contributed by atoms with Crippen LogP contribution in [0, 0.1) is 0 Å². The van der Waals surface area contributed by atoms with Gasteiger partial charge in [-0.25, -0.2) is 0 Å². The highest BCUT2D eigenvalue weighted by Gasteiger charge is 2.33. The van der Waals surface area contributed by atoms with Gasteiger partial charge in [0.25, 0.3) is 0 Å². The van der Waals surface area contributed by atoms with Gasteiger partial charge < -0.3 is 54.4 Å². The lowest BCUT2D eigenvalue weighted by Crippen LogP contribution is -3.00. The largest absolute Gasteiger partial charge is 1.00 e. The first-order valence-corrected chi connectivity index (χ1v) is 18.6. The highest BCUT2D eigenvalue weighted by atomic mass is 35.5. The second-order valence-corrected chi connectivity index (χ2v) is 13.1. The molecule has 0 aliphatic carbocycles. The van der Waals surface area contributed by atoms with E-state index in [1.54, 1.807) is 0 Å². The third kappa shape index (κ3) is 13.4. The molecule has 51 heavy (non-hydrogen) atoms. The van der Waals surface area contributed by atoms with Crippen molar-refractivity contribution >= 4 is 17.7 Å². The number of nitrogens with zero attached hydrogens (tertiary/aromatic N) is 6. The fourth-order valence-electron chi connectivity index (χ4n) is 6.41. The Morgan fingerprint density at radius 2 is 0.647 bits per heavy atom. The Hall–Kier alpha value is -3.09. The van der Waals surface area contributed by atoms with Crippen molar-refractivity contribution in [3.63, 3.8) is 0 Å². The minimum absolute atomic E-state index is 0. The predicted octanol–water partition coefficient (Wildman–Crippen LogP) is -1.65. The van der Waals surface area contributed by atoms with Crippen molar-refractivity contribution in [1.29, 1.82) is 0 Å². The Bertz CT molecular complexity index is 1340. The zero-order chi connectivity index (χ0) is 34.1. The summed E-state index contributed by atoms with van der Waals surface area (Å²) in [4.78, 5) is 0. The van der Waals surface area contributed by atoms with Crippen molar-refractivity contribution in [2.75, 3.05) is 17.2 Å². The van der Waals surface area contributed by atoms with Gasteiger partial charge in [-0.05, 0) is 51.5 Å². The maximum atomic E-state index is 6.46. The predicted molar refractivity (Wildman–Crippen MR) is 187 cm³/mol. The summed E-state index contributed by atoms with van der Waals surface area (Å²) < 4.78 is 22.3. The third-order valence-corrected chi connectivity index (χ3v) is 9.11. The number of nitrogen functional groups attached to an aromatic ring is 3. The molecule has 288 valence electrons. The fraction of sp³-hybridized carbons (Fsp3) is 0.667. The van der Waals surface area contributed by atoms with Crippen molar-refractivity contribution in [1.82, 2.24) is 15.8 Å². The minimum atomic E-state index is 0. The maximum absolute atomic E-state index is 6.46. The van der Waals surface area contributed by atoms with E-state index in [1.165, 1.54) is 77.0 Å². The van der Waals surface area contributed by atoms with Gasteiger partial charge in [0.1, 0.15) is 0 Å². The second kappa shape index (κ2) is 25.0. The molecule has 4 aromatic rings. The average molecular weight is 773 g/mol. The van der Waals surface area contributed by atoms with E-state index in [0.29, 0.717) is 36.7 Å². The number of unbranched alkanes of at least 4 members (excludes halogenated alkanes) is 15. The Morgan fingerprint density at radius 1 is 0.412 bits per heavy atom. The highest BCUT2D eigenvalue weighted by Crippen LogP contribution is 2.35. The van der Waals surface area contributed by atoms with Gasteiger partial charge in [0, 0.05) is 19.3 Å². The molecule has 0 aliphatic heterocycles. The normalized spacial score (nSPS) is 10.9. The summed E-state index contributed by atoms with van der Waals surface area (Å²) >= 11 is 0. The third-order valence-electron chi connectivity index (χ3n) is 9.11. The number of aromatic nitrogens is 6. The van der Waals surface area contributed by atoms with E-state index in [1.807, 2.05) is 32.2 Å². The summed E-state index contributed by atoms with van der Waals surface area (Å²) in [5, 5.41) is 13.0. The molecule has 0 fully saturated rings. The molecular weight excluding hydrogens is 713 g/mol. The SMILES string of the molecule is CCCCCCCC[n+]1noc(N)c1-c1cc(-c2c(N)on[n+]2CCCCCCCC)cc(-c2c(N)on[n+]2CCCCCCCC)c1.[Cl-].[Cl-].[Cl-]. The van der Waals surface area contributed by atoms with Crippen LogP contribution in [0.4, 0.5) is 17.7 Å². The smallest absolute Gasteiger partial charge is 0.304 e. The number of benzene rings is 1. The summed E-state index contributed by atoms with van der Waals surface area (Å²) in [5.41, 5.74) is 24.0.